The molecule has 0 radical (unpaired) electrons. The number of carbonyl (C=O) groups is 3. The molecule has 32 heavy (non-hydrogen) atoms. The third kappa shape index (κ3) is 4.09. The maximum atomic E-state index is 13.6. The fourth-order valence-electron chi connectivity index (χ4n) is 3.78. The molecule has 3 aromatic rings. The zero-order valence-electron chi connectivity index (χ0n) is 17.6. The summed E-state index contributed by atoms with van der Waals surface area (Å²) in [7, 11) is 0. The molecule has 4 rings (SSSR count). The maximum Gasteiger partial charge on any atom is 0.418 e. The molecule has 1 aromatic heterocycles. The number of pyridine rings is 1. The van der Waals surface area contributed by atoms with Crippen LogP contribution in [0.15, 0.2) is 85.2 Å². The monoisotopic (exact) mass is 429 g/mol. The molecule has 2 aromatic carbocycles. The van der Waals surface area contributed by atoms with Gasteiger partial charge in [0, 0.05) is 25.4 Å². The minimum absolute atomic E-state index is 0.0569. The molecule has 1 N–H and O–H groups in total. The number of hydrogen-bond donors (Lipinski definition) is 1. The Hall–Kier alpha value is -4.00. The van der Waals surface area contributed by atoms with Crippen molar-refractivity contribution in [2.45, 2.75) is 31.5 Å². The fraction of sp³-hybridized carbons (Fsp3) is 0.200. The van der Waals surface area contributed by atoms with E-state index in [1.54, 1.807) is 43.6 Å². The maximum absolute atomic E-state index is 13.6. The number of benzene rings is 2. The van der Waals surface area contributed by atoms with Gasteiger partial charge in [-0.05, 0) is 35.7 Å². The van der Waals surface area contributed by atoms with Gasteiger partial charge in [-0.25, -0.2) is 9.69 Å². The minimum atomic E-state index is -1.98. The van der Waals surface area contributed by atoms with Gasteiger partial charge in [-0.1, -0.05) is 60.7 Å². The summed E-state index contributed by atoms with van der Waals surface area (Å²) in [5.74, 6) is -1.32. The van der Waals surface area contributed by atoms with Crippen molar-refractivity contribution in [3.8, 4) is 0 Å². The Morgan fingerprint density at radius 3 is 2.25 bits per heavy atom. The molecule has 0 unspecified atom stereocenters. The third-order valence-electron chi connectivity index (χ3n) is 5.56. The molecular formula is C25H23N3O4. The number of cyclic esters (lactones) is 1. The number of nitrogens with zero attached hydrogens (tertiary/aromatic N) is 2. The summed E-state index contributed by atoms with van der Waals surface area (Å²) in [4.78, 5) is 44.8. The van der Waals surface area contributed by atoms with Gasteiger partial charge in [0.1, 0.15) is 0 Å². The first kappa shape index (κ1) is 21.2. The van der Waals surface area contributed by atoms with Crippen LogP contribution in [0.2, 0.25) is 0 Å². The minimum Gasteiger partial charge on any atom is -0.422 e. The summed E-state index contributed by atoms with van der Waals surface area (Å²) in [6.45, 7) is 1.92. The zero-order chi connectivity index (χ0) is 22.6. The van der Waals surface area contributed by atoms with Crippen LogP contribution in [0, 0.1) is 0 Å². The molecule has 7 nitrogen and oxygen atoms in total. The number of carbonyl (C=O) groups excluding carboxylic acids is 3. The Labute approximate surface area is 186 Å². The number of hydrogen-bond acceptors (Lipinski definition) is 5. The van der Waals surface area contributed by atoms with Gasteiger partial charge in [-0.3, -0.25) is 14.6 Å². The summed E-state index contributed by atoms with van der Waals surface area (Å²) in [5, 5.41) is 2.76. The Bertz CT molecular complexity index is 1110. The van der Waals surface area contributed by atoms with Crippen molar-refractivity contribution < 1.29 is 19.1 Å². The van der Waals surface area contributed by atoms with Gasteiger partial charge >= 0.3 is 6.09 Å². The summed E-state index contributed by atoms with van der Waals surface area (Å²) in [5.41, 5.74) is 0.316. The SMILES string of the molecule is C[C@H](c1ccccc1)N1C(=O)O[C@](Cc2ccccc2)(C(=O)NCc2ccncc2)C1=O. The summed E-state index contributed by atoms with van der Waals surface area (Å²) in [6, 6.07) is 21.1. The highest BCUT2D eigenvalue weighted by Crippen LogP contribution is 2.35. The summed E-state index contributed by atoms with van der Waals surface area (Å²) in [6.07, 6.45) is 2.34. The average molecular weight is 429 g/mol. The molecule has 2 atom stereocenters. The van der Waals surface area contributed by atoms with Crippen LogP contribution in [0.4, 0.5) is 4.79 Å². The fourth-order valence-corrected chi connectivity index (χ4v) is 3.78. The number of rotatable bonds is 7. The van der Waals surface area contributed by atoms with E-state index in [-0.39, 0.29) is 13.0 Å². The standard InChI is InChI=1S/C25H23N3O4/c1-18(21-10-6-3-7-11-21)28-23(30)25(32-24(28)31,16-19-8-4-2-5-9-19)22(29)27-17-20-12-14-26-15-13-20/h2-15,18H,16-17H2,1H3,(H,27,29)/t18-,25-/m1/s1. The number of ether oxygens (including phenoxy) is 1. The molecule has 1 fully saturated rings. The second-order valence-electron chi connectivity index (χ2n) is 7.66. The van der Waals surface area contributed by atoms with Gasteiger partial charge in [0.25, 0.3) is 17.4 Å². The van der Waals surface area contributed by atoms with Crippen molar-refractivity contribution in [3.05, 3.63) is 102 Å². The van der Waals surface area contributed by atoms with Crippen molar-refractivity contribution in [2.75, 3.05) is 0 Å². The summed E-state index contributed by atoms with van der Waals surface area (Å²) >= 11 is 0. The number of aromatic nitrogens is 1. The molecule has 7 heteroatoms. The predicted octanol–water partition coefficient (Wildman–Crippen LogP) is 3.42. The molecule has 3 amide bonds. The van der Waals surface area contributed by atoms with Gasteiger partial charge in [-0.2, -0.15) is 0 Å². The van der Waals surface area contributed by atoms with E-state index in [0.717, 1.165) is 16.0 Å². The number of amides is 3. The lowest BCUT2D eigenvalue weighted by Crippen LogP contribution is -2.55. The van der Waals surface area contributed by atoms with Crippen molar-refractivity contribution in [1.82, 2.24) is 15.2 Å². The third-order valence-corrected chi connectivity index (χ3v) is 5.56. The van der Waals surface area contributed by atoms with Crippen molar-refractivity contribution >= 4 is 17.9 Å². The molecule has 0 saturated carbocycles. The first-order valence-electron chi connectivity index (χ1n) is 10.3. The molecule has 0 aliphatic carbocycles. The normalized spacial score (nSPS) is 18.8. The van der Waals surface area contributed by atoms with E-state index in [1.807, 2.05) is 48.5 Å². The highest BCUT2D eigenvalue weighted by Gasteiger charge is 2.60. The quantitative estimate of drug-likeness (QED) is 0.582. The Morgan fingerprint density at radius 1 is 0.969 bits per heavy atom. The molecule has 1 saturated heterocycles. The van der Waals surface area contributed by atoms with Crippen LogP contribution in [-0.2, 0) is 27.3 Å². The van der Waals surface area contributed by atoms with E-state index in [1.165, 1.54) is 0 Å². The molecule has 162 valence electrons. The van der Waals surface area contributed by atoms with E-state index in [9.17, 15) is 14.4 Å². The van der Waals surface area contributed by atoms with Crippen LogP contribution >= 0.6 is 0 Å². The molecular weight excluding hydrogens is 406 g/mol. The number of nitrogens with one attached hydrogen (secondary N) is 1. The van der Waals surface area contributed by atoms with Crippen LogP contribution in [-0.4, -0.2) is 33.4 Å². The Balaban J connectivity index is 1.65. The van der Waals surface area contributed by atoms with Gasteiger partial charge in [-0.15, -0.1) is 0 Å². The van der Waals surface area contributed by atoms with Gasteiger partial charge in [0.2, 0.25) is 0 Å². The van der Waals surface area contributed by atoms with Crippen molar-refractivity contribution in [2.24, 2.45) is 0 Å². The van der Waals surface area contributed by atoms with E-state index in [4.69, 9.17) is 4.74 Å². The topological polar surface area (TPSA) is 88.6 Å². The van der Waals surface area contributed by atoms with Gasteiger partial charge in [0.15, 0.2) is 0 Å². The van der Waals surface area contributed by atoms with Crippen molar-refractivity contribution in [1.29, 1.82) is 0 Å². The van der Waals surface area contributed by atoms with Crippen LogP contribution in [0.25, 0.3) is 0 Å². The Morgan fingerprint density at radius 2 is 1.59 bits per heavy atom. The van der Waals surface area contributed by atoms with Crippen LogP contribution < -0.4 is 5.32 Å². The van der Waals surface area contributed by atoms with E-state index in [0.29, 0.717) is 5.56 Å². The second kappa shape index (κ2) is 9.01. The van der Waals surface area contributed by atoms with E-state index < -0.39 is 29.6 Å². The first-order chi connectivity index (χ1) is 15.5. The first-order valence-corrected chi connectivity index (χ1v) is 10.3. The highest BCUT2D eigenvalue weighted by atomic mass is 16.6. The summed E-state index contributed by atoms with van der Waals surface area (Å²) < 4.78 is 5.58. The molecule has 1 aliphatic heterocycles. The molecule has 0 bridgehead atoms. The van der Waals surface area contributed by atoms with Gasteiger partial charge < -0.3 is 10.1 Å². The van der Waals surface area contributed by atoms with Crippen LogP contribution in [0.1, 0.15) is 29.7 Å². The molecule has 1 aliphatic rings. The smallest absolute Gasteiger partial charge is 0.418 e. The lowest BCUT2D eigenvalue weighted by Gasteiger charge is -2.25. The lowest BCUT2D eigenvalue weighted by molar-refractivity contribution is -0.150. The Kier molecular flexibility index (Phi) is 5.98. The van der Waals surface area contributed by atoms with E-state index >= 15 is 0 Å². The predicted molar refractivity (Wildman–Crippen MR) is 117 cm³/mol. The van der Waals surface area contributed by atoms with Crippen molar-refractivity contribution in [3.63, 3.8) is 0 Å². The highest BCUT2D eigenvalue weighted by molar-refractivity contribution is 6.17. The average Bonchev–Trinajstić information content (AvgIpc) is 3.08. The second-order valence-corrected chi connectivity index (χ2v) is 7.66. The van der Waals surface area contributed by atoms with Gasteiger partial charge in [0.05, 0.1) is 6.04 Å². The molecule has 2 heterocycles. The number of imide groups is 1. The van der Waals surface area contributed by atoms with Crippen LogP contribution in [0.5, 0.6) is 0 Å². The zero-order valence-corrected chi connectivity index (χ0v) is 17.6. The lowest BCUT2D eigenvalue weighted by atomic mass is 9.91. The van der Waals surface area contributed by atoms with Crippen LogP contribution in [0.3, 0.4) is 0 Å². The van der Waals surface area contributed by atoms with E-state index in [2.05, 4.69) is 10.3 Å². The molecule has 0 spiro atoms. The largest absolute Gasteiger partial charge is 0.422 e.